The smallest absolute Gasteiger partial charge is 0.416 e. The third-order valence-corrected chi connectivity index (χ3v) is 0.448. The maximum atomic E-state index is 10.5. The quantitative estimate of drug-likeness (QED) is 0.475. The molecule has 0 saturated heterocycles. The van der Waals surface area contributed by atoms with Crippen molar-refractivity contribution in [2.45, 2.75) is 5.09 Å². The van der Waals surface area contributed by atoms with Crippen molar-refractivity contribution in [3.63, 3.8) is 0 Å². The van der Waals surface area contributed by atoms with Crippen molar-refractivity contribution in [1.82, 2.24) is 4.31 Å². The second kappa shape index (κ2) is 7.24. The largest absolute Gasteiger partial charge is 0.464 e. The van der Waals surface area contributed by atoms with Crippen LogP contribution in [0.4, 0.5) is 9.18 Å². The molecule has 1 N–H and O–H groups in total. The normalized spacial score (nSPS) is 8.20. The van der Waals surface area contributed by atoms with Crippen LogP contribution < -0.4 is 0 Å². The standard InChI is InChI=1S/C2H5NO2S.CHCl2F/c1-3(6)2(4)5;2-1(3)4/h6H,1H3,(H,4,5);1H. The molecule has 0 unspecified atom stereocenters. The number of amides is 1. The first kappa shape index (κ1) is 12.8. The predicted octanol–water partition coefficient (Wildman–Crippen LogP) is 2.16. The molecule has 0 fully saturated rings. The Morgan fingerprint density at radius 2 is 1.90 bits per heavy atom. The van der Waals surface area contributed by atoms with E-state index in [0.717, 1.165) is 4.31 Å². The number of thiol groups is 1. The van der Waals surface area contributed by atoms with Gasteiger partial charge in [0.25, 0.3) is 0 Å². The summed E-state index contributed by atoms with van der Waals surface area (Å²) in [5.74, 6) is 0. The number of carbonyl (C=O) groups is 1. The SMILES string of the molecule is CN(S)C(=O)O.FC(Cl)Cl. The first-order valence-electron chi connectivity index (χ1n) is 1.95. The molecule has 0 atom stereocenters. The molecule has 0 saturated carbocycles. The van der Waals surface area contributed by atoms with Crippen LogP contribution in [0.15, 0.2) is 0 Å². The summed E-state index contributed by atoms with van der Waals surface area (Å²) in [5.41, 5.74) is 0. The number of carboxylic acid groups (broad SMARTS) is 1. The molecule has 62 valence electrons. The van der Waals surface area contributed by atoms with E-state index in [4.69, 9.17) is 5.11 Å². The Kier molecular flexibility index (Phi) is 9.25. The van der Waals surface area contributed by atoms with E-state index < -0.39 is 11.2 Å². The van der Waals surface area contributed by atoms with Crippen molar-refractivity contribution >= 4 is 42.1 Å². The highest BCUT2D eigenvalue weighted by Crippen LogP contribution is 1.98. The van der Waals surface area contributed by atoms with Crippen LogP contribution in [0.3, 0.4) is 0 Å². The summed E-state index contributed by atoms with van der Waals surface area (Å²) in [6.45, 7) is 0. The van der Waals surface area contributed by atoms with E-state index in [1.165, 1.54) is 7.05 Å². The lowest BCUT2D eigenvalue weighted by atomic mass is 11.1. The Hall–Kier alpha value is 0.130. The molecule has 0 spiro atoms. The first-order chi connectivity index (χ1) is 4.37. The highest BCUT2D eigenvalue weighted by atomic mass is 35.5. The molecule has 1 amide bonds. The van der Waals surface area contributed by atoms with E-state index >= 15 is 0 Å². The van der Waals surface area contributed by atoms with Gasteiger partial charge in [0, 0.05) is 7.05 Å². The third kappa shape index (κ3) is 24.2. The summed E-state index contributed by atoms with van der Waals surface area (Å²) in [7, 11) is 1.34. The van der Waals surface area contributed by atoms with Crippen molar-refractivity contribution < 1.29 is 14.3 Å². The van der Waals surface area contributed by atoms with E-state index in [1.807, 2.05) is 0 Å². The van der Waals surface area contributed by atoms with Crippen LogP contribution in [-0.4, -0.2) is 27.6 Å². The van der Waals surface area contributed by atoms with E-state index in [0.29, 0.717) is 0 Å². The molecule has 0 aliphatic heterocycles. The molecule has 0 radical (unpaired) electrons. The fraction of sp³-hybridized carbons (Fsp3) is 0.667. The zero-order valence-corrected chi connectivity index (χ0v) is 7.37. The zero-order chi connectivity index (χ0) is 8.73. The van der Waals surface area contributed by atoms with Crippen molar-refractivity contribution in [1.29, 1.82) is 0 Å². The molecule has 0 aromatic carbocycles. The second-order valence-electron chi connectivity index (χ2n) is 1.05. The van der Waals surface area contributed by atoms with E-state index in [-0.39, 0.29) is 0 Å². The lowest BCUT2D eigenvalue weighted by Crippen LogP contribution is -2.11. The summed E-state index contributed by atoms with van der Waals surface area (Å²) in [4.78, 5) is 9.55. The van der Waals surface area contributed by atoms with Crippen LogP contribution in [0.2, 0.25) is 0 Å². The minimum Gasteiger partial charge on any atom is -0.464 e. The number of nitrogens with zero attached hydrogens (tertiary/aromatic N) is 1. The molecule has 0 aromatic rings. The average Bonchev–Trinajstić information content (AvgIpc) is 1.63. The lowest BCUT2D eigenvalue weighted by Gasteiger charge is -1.97. The van der Waals surface area contributed by atoms with Gasteiger partial charge in [-0.05, 0) is 0 Å². The summed E-state index contributed by atoms with van der Waals surface area (Å²) < 4.78 is 11.3. The number of alkyl halides is 3. The Bertz CT molecular complexity index is 99.7. The van der Waals surface area contributed by atoms with Crippen LogP contribution in [0.5, 0.6) is 0 Å². The lowest BCUT2D eigenvalue weighted by molar-refractivity contribution is 0.181. The second-order valence-corrected chi connectivity index (χ2v) is 2.64. The third-order valence-electron chi connectivity index (χ3n) is 0.277. The van der Waals surface area contributed by atoms with Crippen LogP contribution in [0.1, 0.15) is 0 Å². The van der Waals surface area contributed by atoms with Gasteiger partial charge in [-0.1, -0.05) is 36.0 Å². The van der Waals surface area contributed by atoms with E-state index in [2.05, 4.69) is 36.0 Å². The topological polar surface area (TPSA) is 40.5 Å². The molecule has 0 rings (SSSR count). The molecular formula is C3H6Cl2FNO2S. The highest BCUT2D eigenvalue weighted by molar-refractivity contribution is 7.78. The molecule has 0 bridgehead atoms. The van der Waals surface area contributed by atoms with Gasteiger partial charge in [-0.3, -0.25) is 4.31 Å². The molecule has 0 aliphatic carbocycles. The molecule has 3 nitrogen and oxygen atoms in total. The fourth-order valence-electron chi connectivity index (χ4n) is 0. The van der Waals surface area contributed by atoms with Gasteiger partial charge in [-0.15, -0.1) is 0 Å². The van der Waals surface area contributed by atoms with Gasteiger partial charge >= 0.3 is 6.09 Å². The Balaban J connectivity index is 0. The average molecular weight is 210 g/mol. The Labute approximate surface area is 73.3 Å². The molecule has 0 heterocycles. The number of hydrogen-bond acceptors (Lipinski definition) is 2. The monoisotopic (exact) mass is 209 g/mol. The van der Waals surface area contributed by atoms with Crippen LogP contribution in [0.25, 0.3) is 0 Å². The summed E-state index contributed by atoms with van der Waals surface area (Å²) in [6.07, 6.45) is -1.04. The Morgan fingerprint density at radius 3 is 1.90 bits per heavy atom. The molecular weight excluding hydrogens is 204 g/mol. The first-order valence-corrected chi connectivity index (χ1v) is 3.23. The maximum absolute atomic E-state index is 10.5. The molecule has 0 aliphatic rings. The van der Waals surface area contributed by atoms with Crippen molar-refractivity contribution in [3.8, 4) is 0 Å². The van der Waals surface area contributed by atoms with Crippen LogP contribution >= 0.6 is 36.0 Å². The minimum atomic E-state index is -1.72. The number of hydrogen-bond donors (Lipinski definition) is 2. The predicted molar refractivity (Wildman–Crippen MR) is 41.4 cm³/mol. The van der Waals surface area contributed by atoms with E-state index in [9.17, 15) is 9.18 Å². The van der Waals surface area contributed by atoms with Crippen molar-refractivity contribution in [2.24, 2.45) is 0 Å². The summed E-state index contributed by atoms with van der Waals surface area (Å²) >= 11 is 12.2. The maximum Gasteiger partial charge on any atom is 0.416 e. The van der Waals surface area contributed by atoms with Gasteiger partial charge in [0.1, 0.15) is 0 Å². The van der Waals surface area contributed by atoms with Gasteiger partial charge in [0.2, 0.25) is 5.09 Å². The van der Waals surface area contributed by atoms with Crippen molar-refractivity contribution in [3.05, 3.63) is 0 Å². The summed E-state index contributed by atoms with van der Waals surface area (Å²) in [6, 6.07) is 0. The van der Waals surface area contributed by atoms with Crippen molar-refractivity contribution in [2.75, 3.05) is 7.05 Å². The fourth-order valence-corrected chi connectivity index (χ4v) is 0. The number of rotatable bonds is 0. The van der Waals surface area contributed by atoms with Gasteiger partial charge in [-0.2, -0.15) is 0 Å². The molecule has 0 aromatic heterocycles. The van der Waals surface area contributed by atoms with Gasteiger partial charge in [-0.25, -0.2) is 9.18 Å². The van der Waals surface area contributed by atoms with Crippen LogP contribution in [0, 0.1) is 0 Å². The van der Waals surface area contributed by atoms with Gasteiger partial charge in [0.15, 0.2) is 0 Å². The molecule has 10 heavy (non-hydrogen) atoms. The zero-order valence-electron chi connectivity index (χ0n) is 4.96. The van der Waals surface area contributed by atoms with Gasteiger partial charge in [0.05, 0.1) is 0 Å². The minimum absolute atomic E-state index is 0.778. The highest BCUT2D eigenvalue weighted by Gasteiger charge is 1.93. The molecule has 7 heteroatoms. The Morgan fingerprint density at radius 1 is 1.80 bits per heavy atom. The van der Waals surface area contributed by atoms with Gasteiger partial charge < -0.3 is 5.11 Å². The number of halogens is 3. The summed E-state index contributed by atoms with van der Waals surface area (Å²) in [5, 5.41) is 6.12. The van der Waals surface area contributed by atoms with Crippen LogP contribution in [-0.2, 0) is 0 Å². The van der Waals surface area contributed by atoms with E-state index in [1.54, 1.807) is 0 Å².